The van der Waals surface area contributed by atoms with Gasteiger partial charge in [-0.05, 0) is 17.5 Å². The minimum Gasteiger partial charge on any atom is -0.460 e. The maximum atomic E-state index is 12.0. The summed E-state index contributed by atoms with van der Waals surface area (Å²) in [5.41, 5.74) is 3.51. The number of aryl methyl sites for hydroxylation is 1. The SMILES string of the molecule is CCc1cnn2c1CN(CC(=O)OCc1ccccc1)CC2. The van der Waals surface area contributed by atoms with Crippen molar-refractivity contribution in [3.63, 3.8) is 0 Å². The summed E-state index contributed by atoms with van der Waals surface area (Å²) in [4.78, 5) is 14.1. The Hall–Kier alpha value is -2.14. The number of hydrogen-bond donors (Lipinski definition) is 0. The molecule has 2 aromatic rings. The molecular weight excluding hydrogens is 278 g/mol. The highest BCUT2D eigenvalue weighted by Crippen LogP contribution is 2.16. The maximum absolute atomic E-state index is 12.0. The molecule has 0 unspecified atom stereocenters. The van der Waals surface area contributed by atoms with Gasteiger partial charge >= 0.3 is 5.97 Å². The van der Waals surface area contributed by atoms with Crippen molar-refractivity contribution >= 4 is 5.97 Å². The van der Waals surface area contributed by atoms with Crippen molar-refractivity contribution in [3.8, 4) is 0 Å². The molecule has 22 heavy (non-hydrogen) atoms. The van der Waals surface area contributed by atoms with Crippen LogP contribution in [0.1, 0.15) is 23.7 Å². The van der Waals surface area contributed by atoms with Gasteiger partial charge in [0.2, 0.25) is 0 Å². The summed E-state index contributed by atoms with van der Waals surface area (Å²) in [7, 11) is 0. The molecule has 0 saturated heterocycles. The van der Waals surface area contributed by atoms with Crippen LogP contribution in [0, 0.1) is 0 Å². The standard InChI is InChI=1S/C17H21N3O2/c1-2-15-10-18-20-9-8-19(11-16(15)20)12-17(21)22-13-14-6-4-3-5-7-14/h3-7,10H,2,8-9,11-13H2,1H3. The molecule has 0 N–H and O–H groups in total. The van der Waals surface area contributed by atoms with Crippen LogP contribution < -0.4 is 0 Å². The number of carbonyl (C=O) groups excluding carboxylic acids is 1. The molecule has 5 nitrogen and oxygen atoms in total. The topological polar surface area (TPSA) is 47.4 Å². The largest absolute Gasteiger partial charge is 0.460 e. The Balaban J connectivity index is 1.52. The smallest absolute Gasteiger partial charge is 0.320 e. The van der Waals surface area contributed by atoms with Crippen LogP contribution in [0.2, 0.25) is 0 Å². The maximum Gasteiger partial charge on any atom is 0.320 e. The van der Waals surface area contributed by atoms with E-state index in [-0.39, 0.29) is 5.97 Å². The van der Waals surface area contributed by atoms with Gasteiger partial charge in [-0.2, -0.15) is 5.10 Å². The van der Waals surface area contributed by atoms with Crippen molar-refractivity contribution in [2.75, 3.05) is 13.1 Å². The molecule has 0 aliphatic carbocycles. The second-order valence-corrected chi connectivity index (χ2v) is 5.55. The number of carbonyl (C=O) groups is 1. The highest BCUT2D eigenvalue weighted by atomic mass is 16.5. The summed E-state index contributed by atoms with van der Waals surface area (Å²) in [5.74, 6) is -0.171. The number of benzene rings is 1. The van der Waals surface area contributed by atoms with Crippen LogP contribution >= 0.6 is 0 Å². The molecule has 0 atom stereocenters. The number of rotatable bonds is 5. The number of ether oxygens (including phenoxy) is 1. The van der Waals surface area contributed by atoms with E-state index < -0.39 is 0 Å². The van der Waals surface area contributed by atoms with E-state index in [1.807, 2.05) is 41.2 Å². The fourth-order valence-electron chi connectivity index (χ4n) is 2.75. The highest BCUT2D eigenvalue weighted by molar-refractivity contribution is 5.71. The van der Waals surface area contributed by atoms with E-state index in [2.05, 4.69) is 16.9 Å². The number of nitrogens with zero attached hydrogens (tertiary/aromatic N) is 3. The van der Waals surface area contributed by atoms with Crippen molar-refractivity contribution in [1.82, 2.24) is 14.7 Å². The van der Waals surface area contributed by atoms with Crippen molar-refractivity contribution in [2.45, 2.75) is 33.0 Å². The van der Waals surface area contributed by atoms with Crippen LogP contribution in [0.25, 0.3) is 0 Å². The van der Waals surface area contributed by atoms with Gasteiger partial charge in [-0.3, -0.25) is 14.4 Å². The molecule has 1 aliphatic rings. The number of fused-ring (bicyclic) bond motifs is 1. The first kappa shape index (κ1) is 14.8. The summed E-state index contributed by atoms with van der Waals surface area (Å²) in [6.45, 7) is 5.24. The number of esters is 1. The van der Waals surface area contributed by atoms with Crippen LogP contribution in [0.5, 0.6) is 0 Å². The van der Waals surface area contributed by atoms with Crippen LogP contribution in [0.15, 0.2) is 36.5 Å². The molecule has 0 fully saturated rings. The molecular formula is C17H21N3O2. The summed E-state index contributed by atoms with van der Waals surface area (Å²) in [5, 5.41) is 4.39. The van der Waals surface area contributed by atoms with E-state index in [9.17, 15) is 4.79 Å². The van der Waals surface area contributed by atoms with Crippen molar-refractivity contribution in [3.05, 3.63) is 53.3 Å². The zero-order valence-corrected chi connectivity index (χ0v) is 12.9. The van der Waals surface area contributed by atoms with E-state index in [1.54, 1.807) is 0 Å². The summed E-state index contributed by atoms with van der Waals surface area (Å²) < 4.78 is 7.40. The molecule has 1 aromatic heterocycles. The van der Waals surface area contributed by atoms with E-state index in [4.69, 9.17) is 4.74 Å². The third-order valence-electron chi connectivity index (χ3n) is 4.01. The van der Waals surface area contributed by atoms with Crippen molar-refractivity contribution < 1.29 is 9.53 Å². The van der Waals surface area contributed by atoms with Gasteiger partial charge in [0.1, 0.15) is 6.61 Å². The average Bonchev–Trinajstić information content (AvgIpc) is 2.96. The van der Waals surface area contributed by atoms with E-state index in [0.717, 1.165) is 31.6 Å². The fourth-order valence-corrected chi connectivity index (χ4v) is 2.75. The summed E-state index contributed by atoms with van der Waals surface area (Å²) in [6.07, 6.45) is 2.91. The van der Waals surface area contributed by atoms with Gasteiger partial charge in [0.25, 0.3) is 0 Å². The third kappa shape index (κ3) is 3.36. The third-order valence-corrected chi connectivity index (χ3v) is 4.01. The lowest BCUT2D eigenvalue weighted by molar-refractivity contribution is -0.146. The minimum absolute atomic E-state index is 0.171. The summed E-state index contributed by atoms with van der Waals surface area (Å²) >= 11 is 0. The Morgan fingerprint density at radius 3 is 2.86 bits per heavy atom. The van der Waals surface area contributed by atoms with Gasteiger partial charge in [-0.1, -0.05) is 37.3 Å². The van der Waals surface area contributed by atoms with Gasteiger partial charge in [-0.15, -0.1) is 0 Å². The molecule has 0 amide bonds. The van der Waals surface area contributed by atoms with E-state index in [1.165, 1.54) is 11.3 Å². The van der Waals surface area contributed by atoms with Gasteiger partial charge in [0.15, 0.2) is 0 Å². The molecule has 0 bridgehead atoms. The Kier molecular flexibility index (Phi) is 4.53. The summed E-state index contributed by atoms with van der Waals surface area (Å²) in [6, 6.07) is 9.76. The lowest BCUT2D eigenvalue weighted by Gasteiger charge is -2.27. The minimum atomic E-state index is -0.171. The number of aromatic nitrogens is 2. The molecule has 2 heterocycles. The molecule has 1 aliphatic heterocycles. The van der Waals surface area contributed by atoms with Crippen molar-refractivity contribution in [1.29, 1.82) is 0 Å². The molecule has 0 radical (unpaired) electrons. The first-order valence-electron chi connectivity index (χ1n) is 7.71. The van der Waals surface area contributed by atoms with Crippen LogP contribution in [0.3, 0.4) is 0 Å². The predicted octanol–water partition coefficient (Wildman–Crippen LogP) is 2.00. The number of hydrogen-bond acceptors (Lipinski definition) is 4. The van der Waals surface area contributed by atoms with E-state index in [0.29, 0.717) is 13.2 Å². The molecule has 5 heteroatoms. The predicted molar refractivity (Wildman–Crippen MR) is 83.1 cm³/mol. The zero-order chi connectivity index (χ0) is 15.4. The van der Waals surface area contributed by atoms with Crippen LogP contribution in [0.4, 0.5) is 0 Å². The molecule has 1 aromatic carbocycles. The Morgan fingerprint density at radius 2 is 2.09 bits per heavy atom. The molecule has 3 rings (SSSR count). The fraction of sp³-hybridized carbons (Fsp3) is 0.412. The first-order chi connectivity index (χ1) is 10.8. The van der Waals surface area contributed by atoms with E-state index >= 15 is 0 Å². The zero-order valence-electron chi connectivity index (χ0n) is 12.9. The average molecular weight is 299 g/mol. The molecule has 0 saturated carbocycles. The lowest BCUT2D eigenvalue weighted by Crippen LogP contribution is -2.38. The van der Waals surface area contributed by atoms with Gasteiger partial charge in [0.05, 0.1) is 25.0 Å². The normalized spacial score (nSPS) is 14.6. The second-order valence-electron chi connectivity index (χ2n) is 5.55. The van der Waals surface area contributed by atoms with Crippen molar-refractivity contribution in [2.24, 2.45) is 0 Å². The lowest BCUT2D eigenvalue weighted by atomic mass is 10.1. The molecule has 0 spiro atoms. The Morgan fingerprint density at radius 1 is 1.27 bits per heavy atom. The van der Waals surface area contributed by atoms with Crippen LogP contribution in [-0.4, -0.2) is 33.7 Å². The monoisotopic (exact) mass is 299 g/mol. The Labute approximate surface area is 130 Å². The second kappa shape index (κ2) is 6.75. The molecule has 116 valence electrons. The Bertz CT molecular complexity index is 623. The highest BCUT2D eigenvalue weighted by Gasteiger charge is 2.21. The quantitative estimate of drug-likeness (QED) is 0.792. The first-order valence-corrected chi connectivity index (χ1v) is 7.71. The van der Waals surface area contributed by atoms with Gasteiger partial charge in [-0.25, -0.2) is 0 Å². The van der Waals surface area contributed by atoms with Gasteiger partial charge in [0, 0.05) is 13.1 Å². The van der Waals surface area contributed by atoms with Crippen LogP contribution in [-0.2, 0) is 35.6 Å². The van der Waals surface area contributed by atoms with Gasteiger partial charge < -0.3 is 4.74 Å².